The van der Waals surface area contributed by atoms with E-state index in [1.165, 1.54) is 16.7 Å². The van der Waals surface area contributed by atoms with Gasteiger partial charge < -0.3 is 14.1 Å². The first-order valence-corrected chi connectivity index (χ1v) is 15.7. The lowest BCUT2D eigenvalue weighted by molar-refractivity contribution is -0.147. The number of ether oxygens (including phenoxy) is 1. The summed E-state index contributed by atoms with van der Waals surface area (Å²) in [6.07, 6.45) is -4.68. The molecule has 0 spiro atoms. The maximum atomic E-state index is 13.8. The SMILES string of the molecule is COC1(c2nnc(-c3nc(C(=O)N4CCC(F)(F)CC4)c(-c4ccc(S(=O)(=O)N[C@@H](C)C(F)(F)F)c(Cl)c4Cl)s3)o2)CC1. The normalized spacial score (nSPS) is 19.0. The average Bonchev–Trinajstić information content (AvgIpc) is 3.34. The number of hydrogen-bond donors (Lipinski definition) is 1. The lowest BCUT2D eigenvalue weighted by Gasteiger charge is -2.31. The van der Waals surface area contributed by atoms with Gasteiger partial charge in [-0.25, -0.2) is 22.2 Å². The molecule has 1 atom stereocenters. The third-order valence-electron chi connectivity index (χ3n) is 7.11. The summed E-state index contributed by atoms with van der Waals surface area (Å²) in [7, 11) is -3.29. The minimum absolute atomic E-state index is 0.0132. The lowest BCUT2D eigenvalue weighted by atomic mass is 10.1. The van der Waals surface area contributed by atoms with Crippen LogP contribution < -0.4 is 4.72 Å². The van der Waals surface area contributed by atoms with Gasteiger partial charge >= 0.3 is 6.18 Å². The van der Waals surface area contributed by atoms with E-state index >= 15 is 0 Å². The third-order valence-corrected chi connectivity index (χ3v) is 10.8. The molecule has 1 aliphatic heterocycles. The quantitative estimate of drug-likeness (QED) is 0.290. The number of piperidine rings is 1. The van der Waals surface area contributed by atoms with Gasteiger partial charge in [-0.05, 0) is 25.8 Å². The number of benzene rings is 1. The standard InChI is InChI=1S/C24H22Cl2F5N5O5S2/c1-11(24(29,30)31)35-43(38,39)13-4-3-12(14(25)15(13)26)17-16(20(37)36-9-7-23(27,28)8-10-36)32-19(42-17)18-33-34-21(41-18)22(40-2)5-6-22/h3-4,11,35H,5-10H2,1-2H3/t11-/m0/s1. The second-order valence-electron chi connectivity index (χ2n) is 10.1. The van der Waals surface area contributed by atoms with Gasteiger partial charge in [0.05, 0.1) is 14.9 Å². The predicted molar refractivity (Wildman–Crippen MR) is 145 cm³/mol. The summed E-state index contributed by atoms with van der Waals surface area (Å²) in [5.41, 5.74) is -0.937. The third kappa shape index (κ3) is 6.24. The van der Waals surface area contributed by atoms with Crippen LogP contribution in [-0.2, 0) is 20.4 Å². The Bertz CT molecular complexity index is 1670. The summed E-state index contributed by atoms with van der Waals surface area (Å²) in [5.74, 6) is -3.51. The van der Waals surface area contributed by atoms with Gasteiger partial charge in [-0.2, -0.15) is 17.9 Å². The van der Waals surface area contributed by atoms with E-state index in [9.17, 15) is 35.2 Å². The second kappa shape index (κ2) is 11.2. The Kier molecular flexibility index (Phi) is 8.31. The van der Waals surface area contributed by atoms with Gasteiger partial charge in [-0.15, -0.1) is 21.5 Å². The summed E-state index contributed by atoms with van der Waals surface area (Å²) >= 11 is 13.6. The number of hydrogen-bond acceptors (Lipinski definition) is 9. The van der Waals surface area contributed by atoms with Gasteiger partial charge in [0, 0.05) is 38.6 Å². The summed E-state index contributed by atoms with van der Waals surface area (Å²) in [6, 6.07) is -0.336. The van der Waals surface area contributed by atoms with Gasteiger partial charge in [0.1, 0.15) is 22.2 Å². The minimum Gasteiger partial charge on any atom is -0.415 e. The number of likely N-dealkylation sites (tertiary alicyclic amines) is 1. The number of carbonyl (C=O) groups is 1. The Balaban J connectivity index is 1.56. The van der Waals surface area contributed by atoms with Crippen molar-refractivity contribution in [3.63, 3.8) is 0 Å². The number of aromatic nitrogens is 3. The minimum atomic E-state index is -4.87. The fourth-order valence-electron chi connectivity index (χ4n) is 4.32. The smallest absolute Gasteiger partial charge is 0.404 e. The number of amides is 1. The van der Waals surface area contributed by atoms with Crippen LogP contribution in [0.15, 0.2) is 21.4 Å². The summed E-state index contributed by atoms with van der Waals surface area (Å²) in [6.45, 7) is 0.108. The number of thiazole rings is 1. The largest absolute Gasteiger partial charge is 0.415 e. The zero-order valence-electron chi connectivity index (χ0n) is 22.3. The second-order valence-corrected chi connectivity index (χ2v) is 13.5. The van der Waals surface area contributed by atoms with Crippen molar-refractivity contribution in [3.8, 4) is 21.3 Å². The van der Waals surface area contributed by atoms with E-state index in [0.717, 1.165) is 23.5 Å². The fourth-order valence-corrected chi connectivity index (χ4v) is 7.48. The number of methoxy groups -OCH3 is 1. The van der Waals surface area contributed by atoms with Crippen LogP contribution in [0.5, 0.6) is 0 Å². The van der Waals surface area contributed by atoms with Gasteiger partial charge in [-0.3, -0.25) is 4.79 Å². The van der Waals surface area contributed by atoms with E-state index in [1.54, 1.807) is 0 Å². The van der Waals surface area contributed by atoms with Crippen molar-refractivity contribution in [3.05, 3.63) is 33.8 Å². The Morgan fingerprint density at radius 1 is 1.14 bits per heavy atom. The van der Waals surface area contributed by atoms with Crippen LogP contribution in [0, 0.1) is 0 Å². The predicted octanol–water partition coefficient (Wildman–Crippen LogP) is 5.90. The van der Waals surface area contributed by atoms with Crippen LogP contribution in [0.2, 0.25) is 10.0 Å². The van der Waals surface area contributed by atoms with Gasteiger partial charge in [0.25, 0.3) is 17.7 Å². The Hall–Kier alpha value is -2.44. The molecule has 10 nitrogen and oxygen atoms in total. The number of carbonyl (C=O) groups excluding carboxylic acids is 1. The highest BCUT2D eigenvalue weighted by Gasteiger charge is 2.50. The Morgan fingerprint density at radius 3 is 2.37 bits per heavy atom. The van der Waals surface area contributed by atoms with Crippen molar-refractivity contribution >= 4 is 50.5 Å². The molecule has 2 aromatic heterocycles. The van der Waals surface area contributed by atoms with Crippen molar-refractivity contribution in [2.75, 3.05) is 20.2 Å². The van der Waals surface area contributed by atoms with Crippen LogP contribution >= 0.6 is 34.5 Å². The highest BCUT2D eigenvalue weighted by atomic mass is 35.5. The maximum Gasteiger partial charge on any atom is 0.404 e. The fraction of sp³-hybridized carbons (Fsp3) is 0.500. The molecule has 3 heterocycles. The van der Waals surface area contributed by atoms with E-state index in [4.69, 9.17) is 32.4 Å². The van der Waals surface area contributed by atoms with E-state index < -0.39 is 67.5 Å². The lowest BCUT2D eigenvalue weighted by Crippen LogP contribution is -2.43. The number of alkyl halides is 5. The number of nitrogens with one attached hydrogen (secondary N) is 1. The average molecular weight is 690 g/mol. The van der Waals surface area contributed by atoms with Gasteiger partial charge in [0.2, 0.25) is 15.9 Å². The Morgan fingerprint density at radius 2 is 1.79 bits per heavy atom. The molecule has 2 fully saturated rings. The summed E-state index contributed by atoms with van der Waals surface area (Å²) in [5, 5.41) is 7.07. The molecule has 1 aliphatic carbocycles. The molecule has 1 saturated carbocycles. The molecule has 1 N–H and O–H groups in total. The van der Waals surface area contributed by atoms with E-state index in [-0.39, 0.29) is 46.0 Å². The molecule has 1 aromatic carbocycles. The number of rotatable bonds is 8. The van der Waals surface area contributed by atoms with Gasteiger partial charge in [-0.1, -0.05) is 29.3 Å². The van der Waals surface area contributed by atoms with Crippen LogP contribution in [0.1, 0.15) is 49.0 Å². The molecule has 234 valence electrons. The molecule has 5 rings (SSSR count). The zero-order valence-corrected chi connectivity index (χ0v) is 25.4. The van der Waals surface area contributed by atoms with Gasteiger partial charge in [0.15, 0.2) is 5.01 Å². The first kappa shape index (κ1) is 32.0. The highest BCUT2D eigenvalue weighted by Crippen LogP contribution is 2.49. The van der Waals surface area contributed by atoms with E-state index in [2.05, 4.69) is 15.2 Å². The number of sulfonamides is 1. The maximum absolute atomic E-state index is 13.8. The first-order chi connectivity index (χ1) is 20.0. The molecule has 1 amide bonds. The van der Waals surface area contributed by atoms with Crippen LogP contribution in [0.4, 0.5) is 22.0 Å². The monoisotopic (exact) mass is 689 g/mol. The summed E-state index contributed by atoms with van der Waals surface area (Å²) in [4.78, 5) is 18.5. The van der Waals surface area contributed by atoms with Crippen LogP contribution in [0.25, 0.3) is 21.3 Å². The molecule has 0 bridgehead atoms. The first-order valence-electron chi connectivity index (χ1n) is 12.6. The van der Waals surface area contributed by atoms with Crippen molar-refractivity contribution in [1.29, 1.82) is 0 Å². The topological polar surface area (TPSA) is 128 Å². The molecule has 2 aliphatic rings. The number of halogens is 7. The molecule has 19 heteroatoms. The van der Waals surface area contributed by atoms with Crippen molar-refractivity contribution in [2.45, 2.75) is 61.2 Å². The van der Waals surface area contributed by atoms with Crippen molar-refractivity contribution in [2.24, 2.45) is 0 Å². The molecular weight excluding hydrogens is 668 g/mol. The highest BCUT2D eigenvalue weighted by molar-refractivity contribution is 7.89. The van der Waals surface area contributed by atoms with E-state index in [1.807, 2.05) is 0 Å². The zero-order chi connectivity index (χ0) is 31.5. The van der Waals surface area contributed by atoms with E-state index in [0.29, 0.717) is 19.8 Å². The Labute approximate surface area is 255 Å². The van der Waals surface area contributed by atoms with Crippen LogP contribution in [-0.4, -0.2) is 72.7 Å². The van der Waals surface area contributed by atoms with Crippen molar-refractivity contribution in [1.82, 2.24) is 24.8 Å². The summed E-state index contributed by atoms with van der Waals surface area (Å²) < 4.78 is 105. The molecular formula is C24H22Cl2F5N5O5S2. The molecule has 43 heavy (non-hydrogen) atoms. The number of nitrogens with zero attached hydrogens (tertiary/aromatic N) is 4. The van der Waals surface area contributed by atoms with Crippen LogP contribution in [0.3, 0.4) is 0 Å². The molecule has 3 aromatic rings. The molecule has 0 unspecified atom stereocenters. The molecule has 0 radical (unpaired) electrons. The molecule has 1 saturated heterocycles. The van der Waals surface area contributed by atoms with Crippen molar-refractivity contribution < 1.29 is 44.3 Å².